The number of aryl methyl sites for hydroxylation is 1. The number of nitrogens with one attached hydrogen (secondary N) is 1. The molecule has 0 radical (unpaired) electrons. The van der Waals surface area contributed by atoms with E-state index in [2.05, 4.69) is 10.1 Å². The lowest BCUT2D eigenvalue weighted by Gasteiger charge is -2.12. The Morgan fingerprint density at radius 2 is 1.74 bits per heavy atom. The van der Waals surface area contributed by atoms with Crippen LogP contribution in [0.3, 0.4) is 0 Å². The number of rotatable bonds is 7. The van der Waals surface area contributed by atoms with Gasteiger partial charge < -0.3 is 14.8 Å². The zero-order chi connectivity index (χ0) is 22.4. The Morgan fingerprint density at radius 3 is 2.39 bits per heavy atom. The molecule has 2 aromatic rings. The number of hydrogen-bond donors (Lipinski definition) is 1. The zero-order valence-corrected chi connectivity index (χ0v) is 17.7. The van der Waals surface area contributed by atoms with E-state index in [0.717, 1.165) is 22.2 Å². The molecule has 0 atom stereocenters. The van der Waals surface area contributed by atoms with Crippen molar-refractivity contribution >= 4 is 46.5 Å². The van der Waals surface area contributed by atoms with Crippen molar-refractivity contribution in [3.8, 4) is 5.75 Å². The molecule has 1 heterocycles. The van der Waals surface area contributed by atoms with E-state index in [0.29, 0.717) is 17.0 Å². The summed E-state index contributed by atoms with van der Waals surface area (Å²) in [6.45, 7) is 1.36. The Labute approximate surface area is 183 Å². The maximum absolute atomic E-state index is 12.6. The van der Waals surface area contributed by atoms with Crippen molar-refractivity contribution in [1.29, 1.82) is 0 Å². The fraction of sp³-hybridized carbons (Fsp3) is 0.182. The monoisotopic (exact) mass is 440 g/mol. The molecule has 0 aromatic heterocycles. The fourth-order valence-electron chi connectivity index (χ4n) is 2.63. The van der Waals surface area contributed by atoms with E-state index in [-0.39, 0.29) is 18.1 Å². The lowest BCUT2D eigenvalue weighted by atomic mass is 10.2. The second-order valence-corrected chi connectivity index (χ2v) is 7.61. The van der Waals surface area contributed by atoms with Crippen LogP contribution in [0.2, 0.25) is 0 Å². The van der Waals surface area contributed by atoms with Crippen molar-refractivity contribution in [2.24, 2.45) is 0 Å². The van der Waals surface area contributed by atoms with Gasteiger partial charge in [0.15, 0.2) is 6.61 Å². The number of thioether (sulfide) groups is 1. The maximum Gasteiger partial charge on any atom is 0.343 e. The summed E-state index contributed by atoms with van der Waals surface area (Å²) >= 11 is 0.774. The van der Waals surface area contributed by atoms with Gasteiger partial charge in [-0.15, -0.1) is 0 Å². The molecule has 0 unspecified atom stereocenters. The SMILES string of the molecule is COC(=O)COc1ccc(/C=C2/SC(=O)N(CC(=O)Nc3ccc(C)cc3)C2=O)cc1. The normalized spacial score (nSPS) is 14.6. The predicted octanol–water partition coefficient (Wildman–Crippen LogP) is 3.22. The van der Waals surface area contributed by atoms with Crippen LogP contribution in [0.4, 0.5) is 10.5 Å². The lowest BCUT2D eigenvalue weighted by Crippen LogP contribution is -2.36. The lowest BCUT2D eigenvalue weighted by molar-refractivity contribution is -0.142. The summed E-state index contributed by atoms with van der Waals surface area (Å²) in [5.41, 5.74) is 2.31. The van der Waals surface area contributed by atoms with Crippen molar-refractivity contribution in [1.82, 2.24) is 4.90 Å². The number of methoxy groups -OCH3 is 1. The molecule has 1 saturated heterocycles. The molecule has 31 heavy (non-hydrogen) atoms. The summed E-state index contributed by atoms with van der Waals surface area (Å²) in [6.07, 6.45) is 1.56. The minimum absolute atomic E-state index is 0.209. The highest BCUT2D eigenvalue weighted by Crippen LogP contribution is 2.32. The Bertz CT molecular complexity index is 1030. The van der Waals surface area contributed by atoms with Gasteiger partial charge in [0, 0.05) is 5.69 Å². The summed E-state index contributed by atoms with van der Waals surface area (Å²) in [5, 5.41) is 2.17. The molecule has 0 spiro atoms. The van der Waals surface area contributed by atoms with Gasteiger partial charge in [-0.05, 0) is 54.6 Å². The quantitative estimate of drug-likeness (QED) is 0.521. The fourth-order valence-corrected chi connectivity index (χ4v) is 3.47. The van der Waals surface area contributed by atoms with Crippen LogP contribution in [0.5, 0.6) is 5.75 Å². The average Bonchev–Trinajstić information content (AvgIpc) is 3.02. The number of amides is 3. The molecule has 1 aliphatic heterocycles. The smallest absolute Gasteiger partial charge is 0.343 e. The standard InChI is InChI=1S/C22H20N2O6S/c1-14-3-7-16(8-4-14)23-19(25)12-24-21(27)18(31-22(24)28)11-15-5-9-17(10-6-15)30-13-20(26)29-2/h3-11H,12-13H2,1-2H3,(H,23,25)/b18-11+. The molecule has 160 valence electrons. The highest BCUT2D eigenvalue weighted by Gasteiger charge is 2.36. The third-order valence-electron chi connectivity index (χ3n) is 4.27. The van der Waals surface area contributed by atoms with Gasteiger partial charge in [0.1, 0.15) is 12.3 Å². The van der Waals surface area contributed by atoms with Gasteiger partial charge in [0.25, 0.3) is 11.1 Å². The van der Waals surface area contributed by atoms with Crippen LogP contribution in [-0.4, -0.2) is 48.2 Å². The first-order valence-corrected chi connectivity index (χ1v) is 10.1. The van der Waals surface area contributed by atoms with Gasteiger partial charge in [0.2, 0.25) is 5.91 Å². The number of nitrogens with zero attached hydrogens (tertiary/aromatic N) is 1. The minimum Gasteiger partial charge on any atom is -0.482 e. The maximum atomic E-state index is 12.6. The molecule has 3 amide bonds. The number of esters is 1. The number of carbonyl (C=O) groups excluding carboxylic acids is 4. The topological polar surface area (TPSA) is 102 Å². The van der Waals surface area contributed by atoms with Gasteiger partial charge in [0.05, 0.1) is 12.0 Å². The summed E-state index contributed by atoms with van der Waals surface area (Å²) in [4.78, 5) is 49.3. The number of benzene rings is 2. The first-order valence-electron chi connectivity index (χ1n) is 9.27. The van der Waals surface area contributed by atoms with Gasteiger partial charge in [-0.1, -0.05) is 29.8 Å². The minimum atomic E-state index is -0.528. The molecule has 0 saturated carbocycles. The third-order valence-corrected chi connectivity index (χ3v) is 5.18. The summed E-state index contributed by atoms with van der Waals surface area (Å²) in [6, 6.07) is 13.8. The van der Waals surface area contributed by atoms with E-state index in [1.807, 2.05) is 19.1 Å². The van der Waals surface area contributed by atoms with Crippen molar-refractivity contribution in [3.63, 3.8) is 0 Å². The van der Waals surface area contributed by atoms with Gasteiger partial charge in [-0.3, -0.25) is 19.3 Å². The number of anilines is 1. The Balaban J connectivity index is 1.61. The molecule has 1 fully saturated rings. The molecule has 2 aromatic carbocycles. The van der Waals surface area contributed by atoms with E-state index in [1.165, 1.54) is 7.11 Å². The average molecular weight is 440 g/mol. The van der Waals surface area contributed by atoms with Crippen molar-refractivity contribution < 1.29 is 28.7 Å². The molecule has 1 aliphatic rings. The summed E-state index contributed by atoms with van der Waals surface area (Å²) < 4.78 is 9.77. The second kappa shape index (κ2) is 9.94. The molecular weight excluding hydrogens is 420 g/mol. The van der Waals surface area contributed by atoms with Crippen LogP contribution in [0.15, 0.2) is 53.4 Å². The van der Waals surface area contributed by atoms with Crippen molar-refractivity contribution in [2.45, 2.75) is 6.92 Å². The second-order valence-electron chi connectivity index (χ2n) is 6.62. The van der Waals surface area contributed by atoms with E-state index < -0.39 is 23.0 Å². The first-order chi connectivity index (χ1) is 14.9. The third kappa shape index (κ3) is 5.95. The predicted molar refractivity (Wildman–Crippen MR) is 116 cm³/mol. The number of ether oxygens (including phenoxy) is 2. The summed E-state index contributed by atoms with van der Waals surface area (Å²) in [7, 11) is 1.27. The van der Waals surface area contributed by atoms with Crippen LogP contribution < -0.4 is 10.1 Å². The number of carbonyl (C=O) groups is 4. The highest BCUT2D eigenvalue weighted by atomic mass is 32.2. The van der Waals surface area contributed by atoms with Gasteiger partial charge in [-0.25, -0.2) is 4.79 Å². The van der Waals surface area contributed by atoms with Crippen LogP contribution >= 0.6 is 11.8 Å². The van der Waals surface area contributed by atoms with Crippen LogP contribution in [0, 0.1) is 6.92 Å². The molecular formula is C22H20N2O6S. The van der Waals surface area contributed by atoms with Crippen molar-refractivity contribution in [2.75, 3.05) is 25.6 Å². The van der Waals surface area contributed by atoms with E-state index >= 15 is 0 Å². The molecule has 9 heteroatoms. The zero-order valence-electron chi connectivity index (χ0n) is 16.9. The van der Waals surface area contributed by atoms with Crippen LogP contribution in [0.1, 0.15) is 11.1 Å². The molecule has 0 bridgehead atoms. The Morgan fingerprint density at radius 1 is 1.06 bits per heavy atom. The van der Waals surface area contributed by atoms with Gasteiger partial charge in [-0.2, -0.15) is 0 Å². The van der Waals surface area contributed by atoms with Crippen LogP contribution in [0.25, 0.3) is 6.08 Å². The van der Waals surface area contributed by atoms with E-state index in [1.54, 1.807) is 42.5 Å². The van der Waals surface area contributed by atoms with Crippen LogP contribution in [-0.2, 0) is 19.1 Å². The molecule has 8 nitrogen and oxygen atoms in total. The largest absolute Gasteiger partial charge is 0.482 e. The van der Waals surface area contributed by atoms with Gasteiger partial charge >= 0.3 is 5.97 Å². The first kappa shape index (κ1) is 22.1. The van der Waals surface area contributed by atoms with E-state index in [4.69, 9.17) is 4.74 Å². The van der Waals surface area contributed by atoms with E-state index in [9.17, 15) is 19.2 Å². The Hall–Kier alpha value is -3.59. The molecule has 1 N–H and O–H groups in total. The van der Waals surface area contributed by atoms with Crippen molar-refractivity contribution in [3.05, 3.63) is 64.6 Å². The number of imide groups is 1. The molecule has 0 aliphatic carbocycles. The number of hydrogen-bond acceptors (Lipinski definition) is 7. The Kier molecular flexibility index (Phi) is 7.09. The highest BCUT2D eigenvalue weighted by molar-refractivity contribution is 8.18. The molecule has 3 rings (SSSR count). The summed E-state index contributed by atoms with van der Waals surface area (Å²) in [5.74, 6) is -1.02.